The summed E-state index contributed by atoms with van der Waals surface area (Å²) in [5.74, 6) is 0.314. The van der Waals surface area contributed by atoms with Crippen molar-refractivity contribution in [3.8, 4) is 5.75 Å². The van der Waals surface area contributed by atoms with Gasteiger partial charge < -0.3 is 25.6 Å². The number of fused-ring (bicyclic) bond motifs is 1. The summed E-state index contributed by atoms with van der Waals surface area (Å²) in [6.45, 7) is 2.02. The first-order chi connectivity index (χ1) is 15.5. The molecular formula is C23H27F2N5O2. The molecule has 2 aromatic carbocycles. The van der Waals surface area contributed by atoms with Gasteiger partial charge in [-0.1, -0.05) is 6.07 Å². The summed E-state index contributed by atoms with van der Waals surface area (Å²) in [7, 11) is 1.68. The van der Waals surface area contributed by atoms with Crippen molar-refractivity contribution in [3.63, 3.8) is 0 Å². The summed E-state index contributed by atoms with van der Waals surface area (Å²) in [6, 6.07) is 9.60. The first-order valence-electron chi connectivity index (χ1n) is 10.7. The molecule has 0 radical (unpaired) electrons. The lowest BCUT2D eigenvalue weighted by Gasteiger charge is -2.21. The van der Waals surface area contributed by atoms with Crippen molar-refractivity contribution >= 4 is 23.2 Å². The molecule has 3 N–H and O–H groups in total. The number of nitrogens with zero attached hydrogens (tertiary/aromatic N) is 2. The van der Waals surface area contributed by atoms with E-state index in [2.05, 4.69) is 20.9 Å². The number of ether oxygens (including phenoxy) is 1. The van der Waals surface area contributed by atoms with Gasteiger partial charge in [-0.2, -0.15) is 0 Å². The monoisotopic (exact) mass is 443 g/mol. The van der Waals surface area contributed by atoms with Crippen molar-refractivity contribution < 1.29 is 18.3 Å². The van der Waals surface area contributed by atoms with Crippen LogP contribution in [-0.2, 0) is 11.2 Å². The number of carbonyl (C=O) groups is 1. The fourth-order valence-corrected chi connectivity index (χ4v) is 4.05. The number of benzene rings is 2. The molecule has 0 saturated carbocycles. The molecule has 2 aromatic rings. The largest absolute Gasteiger partial charge is 0.492 e. The standard InChI is InChI=1S/C23H27F2N5O2/c1-26-23(28-16-9-11-30(14-16)22-18(24)3-2-4-19(22)25)27-10-12-32-17-6-7-20-15(13-17)5-8-21(31)29-20/h2-4,6-7,13,16H,5,8-12,14H2,1H3,(H,29,31)(H2,26,27,28). The minimum absolute atomic E-state index is 0.0250. The van der Waals surface area contributed by atoms with Crippen LogP contribution in [0.25, 0.3) is 0 Å². The highest BCUT2D eigenvalue weighted by Crippen LogP contribution is 2.27. The van der Waals surface area contributed by atoms with Gasteiger partial charge in [-0.3, -0.25) is 9.79 Å². The maximum atomic E-state index is 14.0. The quantitative estimate of drug-likeness (QED) is 0.364. The van der Waals surface area contributed by atoms with Crippen LogP contribution in [0.15, 0.2) is 41.4 Å². The lowest BCUT2D eigenvalue weighted by atomic mass is 10.0. The molecule has 0 spiro atoms. The van der Waals surface area contributed by atoms with Gasteiger partial charge in [0.25, 0.3) is 0 Å². The molecule has 0 bridgehead atoms. The number of halogens is 2. The van der Waals surface area contributed by atoms with E-state index in [9.17, 15) is 13.6 Å². The third kappa shape index (κ3) is 5.09. The van der Waals surface area contributed by atoms with Crippen molar-refractivity contribution in [3.05, 3.63) is 53.6 Å². The Bertz CT molecular complexity index is 994. The zero-order chi connectivity index (χ0) is 22.5. The molecule has 1 atom stereocenters. The van der Waals surface area contributed by atoms with E-state index >= 15 is 0 Å². The number of nitrogens with one attached hydrogen (secondary N) is 3. The van der Waals surface area contributed by atoms with Gasteiger partial charge >= 0.3 is 0 Å². The van der Waals surface area contributed by atoms with Crippen molar-refractivity contribution in [1.29, 1.82) is 0 Å². The molecule has 0 aromatic heterocycles. The van der Waals surface area contributed by atoms with Gasteiger partial charge in [-0.05, 0) is 48.7 Å². The minimum Gasteiger partial charge on any atom is -0.492 e. The van der Waals surface area contributed by atoms with Crippen LogP contribution >= 0.6 is 0 Å². The van der Waals surface area contributed by atoms with Crippen LogP contribution in [0.4, 0.5) is 20.2 Å². The Morgan fingerprint density at radius 2 is 2.06 bits per heavy atom. The number of hydrogen-bond donors (Lipinski definition) is 3. The van der Waals surface area contributed by atoms with E-state index in [0.717, 1.165) is 23.4 Å². The van der Waals surface area contributed by atoms with Gasteiger partial charge in [0.15, 0.2) is 5.96 Å². The number of guanidine groups is 1. The number of anilines is 2. The highest BCUT2D eigenvalue weighted by atomic mass is 19.1. The summed E-state index contributed by atoms with van der Waals surface area (Å²) in [6.07, 6.45) is 1.95. The molecule has 1 saturated heterocycles. The van der Waals surface area contributed by atoms with E-state index in [1.54, 1.807) is 11.9 Å². The number of rotatable bonds is 6. The van der Waals surface area contributed by atoms with E-state index < -0.39 is 11.6 Å². The summed E-state index contributed by atoms with van der Waals surface area (Å²) in [5, 5.41) is 9.36. The third-order valence-electron chi connectivity index (χ3n) is 5.64. The number of hydrogen-bond acceptors (Lipinski definition) is 4. The third-order valence-corrected chi connectivity index (χ3v) is 5.64. The van der Waals surface area contributed by atoms with Crippen LogP contribution in [0.5, 0.6) is 5.75 Å². The lowest BCUT2D eigenvalue weighted by molar-refractivity contribution is -0.116. The molecule has 2 aliphatic heterocycles. The molecule has 9 heteroatoms. The van der Waals surface area contributed by atoms with E-state index in [1.807, 2.05) is 18.2 Å². The summed E-state index contributed by atoms with van der Waals surface area (Å²) in [5.41, 5.74) is 1.94. The number of para-hydroxylation sites is 1. The average Bonchev–Trinajstić information content (AvgIpc) is 3.23. The maximum absolute atomic E-state index is 14.0. The van der Waals surface area contributed by atoms with Crippen LogP contribution in [0.3, 0.4) is 0 Å². The van der Waals surface area contributed by atoms with E-state index in [0.29, 0.717) is 45.0 Å². The Hall–Kier alpha value is -3.36. The van der Waals surface area contributed by atoms with Crippen molar-refractivity contribution in [2.24, 2.45) is 4.99 Å². The van der Waals surface area contributed by atoms with Crippen molar-refractivity contribution in [1.82, 2.24) is 10.6 Å². The maximum Gasteiger partial charge on any atom is 0.224 e. The van der Waals surface area contributed by atoms with Gasteiger partial charge in [-0.15, -0.1) is 0 Å². The van der Waals surface area contributed by atoms with E-state index in [4.69, 9.17) is 4.74 Å². The molecule has 4 rings (SSSR count). The molecule has 2 aliphatic rings. The van der Waals surface area contributed by atoms with Crippen LogP contribution < -0.4 is 25.6 Å². The predicted octanol–water partition coefficient (Wildman–Crippen LogP) is 2.67. The Balaban J connectivity index is 1.22. The molecule has 1 fully saturated rings. The van der Waals surface area contributed by atoms with Crippen LogP contribution in [-0.4, -0.2) is 51.2 Å². The zero-order valence-corrected chi connectivity index (χ0v) is 18.0. The molecule has 7 nitrogen and oxygen atoms in total. The summed E-state index contributed by atoms with van der Waals surface area (Å²) < 4.78 is 33.9. The van der Waals surface area contributed by atoms with E-state index in [1.165, 1.54) is 18.2 Å². The molecular weight excluding hydrogens is 416 g/mol. The van der Waals surface area contributed by atoms with Crippen molar-refractivity contribution in [2.45, 2.75) is 25.3 Å². The molecule has 32 heavy (non-hydrogen) atoms. The second-order valence-electron chi connectivity index (χ2n) is 7.86. The highest BCUT2D eigenvalue weighted by molar-refractivity contribution is 5.94. The molecule has 2 heterocycles. The molecule has 1 amide bonds. The summed E-state index contributed by atoms with van der Waals surface area (Å²) in [4.78, 5) is 17.4. The smallest absolute Gasteiger partial charge is 0.224 e. The van der Waals surface area contributed by atoms with Gasteiger partial charge in [0.1, 0.15) is 29.7 Å². The lowest BCUT2D eigenvalue weighted by Crippen LogP contribution is -2.45. The second kappa shape index (κ2) is 9.84. The van der Waals surface area contributed by atoms with E-state index in [-0.39, 0.29) is 17.6 Å². The van der Waals surface area contributed by atoms with Crippen molar-refractivity contribution in [2.75, 3.05) is 43.5 Å². The predicted molar refractivity (Wildman–Crippen MR) is 120 cm³/mol. The fraction of sp³-hybridized carbons (Fsp3) is 0.391. The molecule has 0 aliphatic carbocycles. The first kappa shape index (κ1) is 21.9. The number of amides is 1. The van der Waals surface area contributed by atoms with Crippen LogP contribution in [0.1, 0.15) is 18.4 Å². The second-order valence-corrected chi connectivity index (χ2v) is 7.86. The van der Waals surface area contributed by atoms with Gasteiger partial charge in [0.05, 0.1) is 6.54 Å². The summed E-state index contributed by atoms with van der Waals surface area (Å²) >= 11 is 0. The number of aliphatic imine (C=N–C) groups is 1. The Labute approximate surface area is 185 Å². The van der Waals surface area contributed by atoms with Crippen LogP contribution in [0, 0.1) is 11.6 Å². The topological polar surface area (TPSA) is 78.0 Å². The Morgan fingerprint density at radius 3 is 2.84 bits per heavy atom. The Kier molecular flexibility index (Phi) is 6.72. The van der Waals surface area contributed by atoms with Gasteiger partial charge in [0.2, 0.25) is 5.91 Å². The van der Waals surface area contributed by atoms with Crippen LogP contribution in [0.2, 0.25) is 0 Å². The fourth-order valence-electron chi connectivity index (χ4n) is 4.05. The minimum atomic E-state index is -0.546. The Morgan fingerprint density at radius 1 is 1.25 bits per heavy atom. The molecule has 170 valence electrons. The average molecular weight is 443 g/mol. The number of aryl methyl sites for hydroxylation is 1. The first-order valence-corrected chi connectivity index (χ1v) is 10.7. The van der Waals surface area contributed by atoms with Gasteiger partial charge in [-0.25, -0.2) is 8.78 Å². The molecule has 1 unspecified atom stereocenters. The highest BCUT2D eigenvalue weighted by Gasteiger charge is 2.27. The zero-order valence-electron chi connectivity index (χ0n) is 18.0. The van der Waals surface area contributed by atoms with Gasteiger partial charge in [0, 0.05) is 38.3 Å². The SMILES string of the molecule is CN=C(NCCOc1ccc2c(c1)CCC(=O)N2)NC1CCN(c2c(F)cccc2F)C1. The normalized spacial score (nSPS) is 18.2. The number of carbonyl (C=O) groups excluding carboxylic acids is 1.